The second-order valence-electron chi connectivity index (χ2n) is 7.53. The number of rotatable bonds is 5. The molecular formula is C25H21N3O3S3. The lowest BCUT2D eigenvalue weighted by Gasteiger charge is -2.38. The summed E-state index contributed by atoms with van der Waals surface area (Å²) >= 11 is 4.18. The van der Waals surface area contributed by atoms with Crippen LogP contribution in [0.2, 0.25) is 0 Å². The van der Waals surface area contributed by atoms with E-state index in [1.54, 1.807) is 28.2 Å². The third-order valence-electron chi connectivity index (χ3n) is 5.19. The van der Waals surface area contributed by atoms with Crippen LogP contribution in [0.5, 0.6) is 0 Å². The van der Waals surface area contributed by atoms with Gasteiger partial charge in [0.25, 0.3) is 5.91 Å². The number of thioether (sulfide) groups is 2. The Hall–Kier alpha value is -3.01. The first-order valence-electron chi connectivity index (χ1n) is 10.7. The van der Waals surface area contributed by atoms with E-state index < -0.39 is 10.3 Å². The van der Waals surface area contributed by atoms with Gasteiger partial charge in [-0.05, 0) is 67.4 Å². The molecule has 3 heterocycles. The molecule has 34 heavy (non-hydrogen) atoms. The largest absolute Gasteiger partial charge is 0.461 e. The molecule has 0 bridgehead atoms. The molecule has 172 valence electrons. The zero-order valence-corrected chi connectivity index (χ0v) is 21.0. The molecule has 5 rings (SSSR count). The number of esters is 1. The zero-order valence-electron chi connectivity index (χ0n) is 18.5. The van der Waals surface area contributed by atoms with Crippen molar-refractivity contribution < 1.29 is 14.3 Å². The average molecular weight is 508 g/mol. The van der Waals surface area contributed by atoms with E-state index in [-0.39, 0.29) is 17.6 Å². The van der Waals surface area contributed by atoms with Crippen molar-refractivity contribution in [1.82, 2.24) is 0 Å². The maximum Gasteiger partial charge on any atom is 0.365 e. The van der Waals surface area contributed by atoms with E-state index in [9.17, 15) is 9.59 Å². The number of hydrogen-bond acceptors (Lipinski definition) is 8. The summed E-state index contributed by atoms with van der Waals surface area (Å²) < 4.78 is 4.21. The first kappa shape index (κ1) is 22.8. The Bertz CT molecular complexity index is 1270. The fourth-order valence-corrected chi connectivity index (χ4v) is 7.25. The van der Waals surface area contributed by atoms with Gasteiger partial charge in [0.2, 0.25) is 9.37 Å². The molecule has 2 aromatic carbocycles. The van der Waals surface area contributed by atoms with Crippen molar-refractivity contribution >= 4 is 69.2 Å². The predicted molar refractivity (Wildman–Crippen MR) is 142 cm³/mol. The molecule has 2 aliphatic heterocycles. The summed E-state index contributed by atoms with van der Waals surface area (Å²) in [5.41, 5.74) is 2.60. The quantitative estimate of drug-likeness (QED) is 0.316. The highest BCUT2D eigenvalue weighted by Crippen LogP contribution is 2.59. The lowest BCUT2D eigenvalue weighted by molar-refractivity contribution is -0.134. The second kappa shape index (κ2) is 9.32. The second-order valence-corrected chi connectivity index (χ2v) is 11.1. The standard InChI is InChI=1S/C25H21N3O3S3/c1-3-31-24(30)22-26-28(19-13-11-17(2)12-14-19)25(34-22)27(18-8-5-4-6-9-18)23(29)21(33-25)16-20-10-7-15-32-20/h4-16H,3H2,1-2H3/b21-16+/t25-/m0/s1. The molecule has 0 aliphatic carbocycles. The number of hydrazone groups is 1. The minimum absolute atomic E-state index is 0.144. The van der Waals surface area contributed by atoms with Gasteiger partial charge in [0, 0.05) is 10.6 Å². The fraction of sp³-hybridized carbons (Fsp3) is 0.160. The van der Waals surface area contributed by atoms with Gasteiger partial charge in [0.1, 0.15) is 0 Å². The summed E-state index contributed by atoms with van der Waals surface area (Å²) in [5.74, 6) is -0.646. The summed E-state index contributed by atoms with van der Waals surface area (Å²) in [6, 6.07) is 21.3. The molecular weight excluding hydrogens is 486 g/mol. The Morgan fingerprint density at radius 1 is 1.03 bits per heavy atom. The van der Waals surface area contributed by atoms with Gasteiger partial charge in [0.15, 0.2) is 0 Å². The lowest BCUT2D eigenvalue weighted by atomic mass is 10.2. The number of thiophene rings is 1. The van der Waals surface area contributed by atoms with E-state index in [0.29, 0.717) is 4.91 Å². The number of anilines is 2. The molecule has 9 heteroatoms. The number of ether oxygens (including phenoxy) is 1. The number of carbonyl (C=O) groups excluding carboxylic acids is 2. The number of benzene rings is 2. The van der Waals surface area contributed by atoms with Crippen molar-refractivity contribution in [3.8, 4) is 0 Å². The normalized spacial score (nSPS) is 20.9. The molecule has 0 radical (unpaired) electrons. The third-order valence-corrected chi connectivity index (χ3v) is 8.70. The van der Waals surface area contributed by atoms with Gasteiger partial charge >= 0.3 is 5.97 Å². The number of carbonyl (C=O) groups is 2. The molecule has 0 N–H and O–H groups in total. The van der Waals surface area contributed by atoms with Gasteiger partial charge in [-0.3, -0.25) is 9.69 Å². The van der Waals surface area contributed by atoms with E-state index in [1.807, 2.05) is 85.1 Å². The van der Waals surface area contributed by atoms with Crippen LogP contribution in [0.3, 0.4) is 0 Å². The topological polar surface area (TPSA) is 62.2 Å². The van der Waals surface area contributed by atoms with E-state index in [1.165, 1.54) is 23.5 Å². The highest BCUT2D eigenvalue weighted by molar-refractivity contribution is 8.29. The van der Waals surface area contributed by atoms with Crippen LogP contribution in [0, 0.1) is 6.92 Å². The van der Waals surface area contributed by atoms with Gasteiger partial charge < -0.3 is 4.74 Å². The van der Waals surface area contributed by atoms with Gasteiger partial charge in [-0.25, -0.2) is 9.80 Å². The molecule has 1 fully saturated rings. The van der Waals surface area contributed by atoms with E-state index >= 15 is 0 Å². The summed E-state index contributed by atoms with van der Waals surface area (Å²) in [7, 11) is 0. The van der Waals surface area contributed by atoms with Crippen LogP contribution in [0.15, 0.2) is 82.1 Å². The number of aryl methyl sites for hydroxylation is 1. The minimum atomic E-state index is -1.06. The van der Waals surface area contributed by atoms with Crippen LogP contribution < -0.4 is 9.91 Å². The minimum Gasteiger partial charge on any atom is -0.461 e. The van der Waals surface area contributed by atoms with Crippen molar-refractivity contribution in [1.29, 1.82) is 0 Å². The summed E-state index contributed by atoms with van der Waals surface area (Å²) in [5, 5.41) is 8.63. The maximum atomic E-state index is 13.9. The van der Waals surface area contributed by atoms with Gasteiger partial charge in [-0.15, -0.1) is 11.3 Å². The zero-order chi connectivity index (χ0) is 23.7. The summed E-state index contributed by atoms with van der Waals surface area (Å²) in [4.78, 5) is 29.9. The Morgan fingerprint density at radius 2 is 1.79 bits per heavy atom. The molecule has 1 spiro atoms. The Kier molecular flexibility index (Phi) is 6.24. The van der Waals surface area contributed by atoms with Crippen molar-refractivity contribution in [2.24, 2.45) is 5.10 Å². The van der Waals surface area contributed by atoms with Crippen LogP contribution in [-0.4, -0.2) is 27.9 Å². The van der Waals surface area contributed by atoms with Gasteiger partial charge in [0.05, 0.1) is 17.2 Å². The van der Waals surface area contributed by atoms with Crippen molar-refractivity contribution in [2.45, 2.75) is 18.2 Å². The average Bonchev–Trinajstić information content (AvgIpc) is 3.55. The van der Waals surface area contributed by atoms with E-state index in [0.717, 1.165) is 21.8 Å². The maximum absolute atomic E-state index is 13.9. The number of nitrogens with zero attached hydrogens (tertiary/aromatic N) is 3. The molecule has 0 saturated carbocycles. The molecule has 1 atom stereocenters. The van der Waals surface area contributed by atoms with E-state index in [2.05, 4.69) is 5.10 Å². The third kappa shape index (κ3) is 4.04. The molecule has 3 aromatic rings. The van der Waals surface area contributed by atoms with Crippen LogP contribution in [0.4, 0.5) is 11.4 Å². The van der Waals surface area contributed by atoms with Crippen LogP contribution >= 0.6 is 34.9 Å². The van der Waals surface area contributed by atoms with Crippen LogP contribution in [0.25, 0.3) is 6.08 Å². The number of amides is 1. The molecule has 1 saturated heterocycles. The smallest absolute Gasteiger partial charge is 0.365 e. The summed E-state index contributed by atoms with van der Waals surface area (Å²) in [6.07, 6.45) is 1.90. The molecule has 2 aliphatic rings. The molecule has 0 unspecified atom stereocenters. The first-order chi connectivity index (χ1) is 16.5. The Balaban J connectivity index is 1.67. The SMILES string of the molecule is CCOC(=O)C1=NN(c2ccc(C)cc2)[C@]2(S1)S/C(=C/c1cccs1)C(=O)N2c1ccccc1. The first-order valence-corrected chi connectivity index (χ1v) is 13.2. The molecule has 6 nitrogen and oxygen atoms in total. The number of hydrogen-bond donors (Lipinski definition) is 0. The fourth-order valence-electron chi connectivity index (χ4n) is 3.65. The molecule has 1 amide bonds. The highest BCUT2D eigenvalue weighted by atomic mass is 32.2. The predicted octanol–water partition coefficient (Wildman–Crippen LogP) is 5.92. The van der Waals surface area contributed by atoms with Gasteiger partial charge in [-0.1, -0.05) is 53.7 Å². The monoisotopic (exact) mass is 507 g/mol. The van der Waals surface area contributed by atoms with Crippen molar-refractivity contribution in [2.75, 3.05) is 16.5 Å². The molecule has 1 aromatic heterocycles. The van der Waals surface area contributed by atoms with Crippen LogP contribution in [-0.2, 0) is 14.3 Å². The summed E-state index contributed by atoms with van der Waals surface area (Å²) in [6.45, 7) is 4.02. The van der Waals surface area contributed by atoms with E-state index in [4.69, 9.17) is 4.74 Å². The van der Waals surface area contributed by atoms with Crippen LogP contribution in [0.1, 0.15) is 17.4 Å². The Labute approximate surface area is 210 Å². The number of para-hydroxylation sites is 1. The highest BCUT2D eigenvalue weighted by Gasteiger charge is 2.60. The van der Waals surface area contributed by atoms with Crippen molar-refractivity contribution in [3.63, 3.8) is 0 Å². The van der Waals surface area contributed by atoms with Gasteiger partial charge in [-0.2, -0.15) is 5.10 Å². The van der Waals surface area contributed by atoms with Crippen molar-refractivity contribution in [3.05, 3.63) is 87.5 Å². The lowest BCUT2D eigenvalue weighted by Crippen LogP contribution is -2.51. The Morgan fingerprint density at radius 3 is 2.47 bits per heavy atom.